The Morgan fingerprint density at radius 3 is 2.25 bits per heavy atom. The number of sulfonamides is 1. The number of nitrogens with zero attached hydrogens (tertiary/aromatic N) is 3. The molecule has 0 saturated heterocycles. The van der Waals surface area contributed by atoms with Gasteiger partial charge in [-0.3, -0.25) is 0 Å². The van der Waals surface area contributed by atoms with E-state index in [0.29, 0.717) is 17.5 Å². The lowest BCUT2D eigenvalue weighted by atomic mass is 10.3. The lowest BCUT2D eigenvalue weighted by Gasteiger charge is -2.11. The van der Waals surface area contributed by atoms with E-state index in [-0.39, 0.29) is 18.0 Å². The van der Waals surface area contributed by atoms with Gasteiger partial charge >= 0.3 is 6.36 Å². The van der Waals surface area contributed by atoms with E-state index in [1.54, 1.807) is 18.3 Å². The van der Waals surface area contributed by atoms with Crippen molar-refractivity contribution in [2.75, 3.05) is 23.7 Å². The van der Waals surface area contributed by atoms with Crippen LogP contribution in [0.4, 0.5) is 30.6 Å². The number of alkyl halides is 3. The lowest BCUT2D eigenvalue weighted by molar-refractivity contribution is -0.274. The fourth-order valence-corrected chi connectivity index (χ4v) is 3.54. The third-order valence-electron chi connectivity index (χ3n) is 3.93. The number of aromatic nitrogens is 3. The standard InChI is InChI=1S/C19H19F3N6O3S/c1-13-8-9-23-18(12-13)26-17-7-6-16(27-28-17)24-10-11-25-32(29,30)15-4-2-14(3-5-15)31-19(20,21)22/h2-9,12,25H,10-11H2,1H3,(H,24,27)(H,23,26,28). The molecule has 0 saturated carbocycles. The number of pyridine rings is 1. The first kappa shape index (κ1) is 23.2. The summed E-state index contributed by atoms with van der Waals surface area (Å²) in [4.78, 5) is 3.98. The van der Waals surface area contributed by atoms with Crippen LogP contribution in [0.15, 0.2) is 59.6 Å². The van der Waals surface area contributed by atoms with Crippen LogP contribution in [0.3, 0.4) is 0 Å². The molecule has 0 spiro atoms. The Morgan fingerprint density at radius 1 is 0.938 bits per heavy atom. The minimum absolute atomic E-state index is 0.0119. The van der Waals surface area contributed by atoms with Crippen molar-refractivity contribution in [3.8, 4) is 5.75 Å². The largest absolute Gasteiger partial charge is 0.573 e. The van der Waals surface area contributed by atoms with Crippen LogP contribution in [0.5, 0.6) is 5.75 Å². The van der Waals surface area contributed by atoms with Crippen LogP contribution in [0.2, 0.25) is 0 Å². The van der Waals surface area contributed by atoms with Crippen molar-refractivity contribution in [3.63, 3.8) is 0 Å². The third-order valence-corrected chi connectivity index (χ3v) is 5.40. The second kappa shape index (κ2) is 9.78. The summed E-state index contributed by atoms with van der Waals surface area (Å²) in [7, 11) is -3.90. The zero-order chi connectivity index (χ0) is 23.2. The molecule has 2 aromatic heterocycles. The van der Waals surface area contributed by atoms with Gasteiger partial charge in [-0.2, -0.15) is 0 Å². The summed E-state index contributed by atoms with van der Waals surface area (Å²) in [6.07, 6.45) is -3.17. The smallest absolute Gasteiger partial charge is 0.406 e. The number of hydrogen-bond donors (Lipinski definition) is 3. The molecular formula is C19H19F3N6O3S. The number of aryl methyl sites for hydroxylation is 1. The summed E-state index contributed by atoms with van der Waals surface area (Å²) in [6, 6.07) is 11.0. The Hall–Kier alpha value is -3.45. The number of nitrogens with one attached hydrogen (secondary N) is 3. The molecule has 0 aliphatic heterocycles. The lowest BCUT2D eigenvalue weighted by Crippen LogP contribution is -2.29. The molecule has 0 atom stereocenters. The molecule has 13 heteroatoms. The highest BCUT2D eigenvalue weighted by molar-refractivity contribution is 7.89. The van der Waals surface area contributed by atoms with E-state index >= 15 is 0 Å². The van der Waals surface area contributed by atoms with Gasteiger partial charge in [0.25, 0.3) is 0 Å². The molecule has 3 rings (SSSR count). The Labute approximate surface area is 182 Å². The van der Waals surface area contributed by atoms with E-state index in [1.165, 1.54) is 0 Å². The normalized spacial score (nSPS) is 11.8. The van der Waals surface area contributed by atoms with Crippen molar-refractivity contribution in [2.24, 2.45) is 0 Å². The molecule has 0 fully saturated rings. The Bertz CT molecular complexity index is 1140. The van der Waals surface area contributed by atoms with Gasteiger partial charge in [0, 0.05) is 19.3 Å². The number of halogens is 3. The van der Waals surface area contributed by atoms with Gasteiger partial charge in [0.05, 0.1) is 4.90 Å². The van der Waals surface area contributed by atoms with Gasteiger partial charge < -0.3 is 15.4 Å². The predicted octanol–water partition coefficient (Wildman–Crippen LogP) is 3.21. The molecule has 0 amide bonds. The van der Waals surface area contributed by atoms with Crippen molar-refractivity contribution in [1.82, 2.24) is 19.9 Å². The average molecular weight is 468 g/mol. The van der Waals surface area contributed by atoms with Gasteiger partial charge in [0.2, 0.25) is 10.0 Å². The topological polar surface area (TPSA) is 118 Å². The quantitative estimate of drug-likeness (QED) is 0.410. The Kier molecular flexibility index (Phi) is 7.10. The van der Waals surface area contributed by atoms with Gasteiger partial charge in [-0.05, 0) is 61.0 Å². The SMILES string of the molecule is Cc1ccnc(Nc2ccc(NCCNS(=O)(=O)c3ccc(OC(F)(F)F)cc3)nn2)c1. The molecule has 9 nitrogen and oxygen atoms in total. The van der Waals surface area contributed by atoms with Crippen LogP contribution >= 0.6 is 0 Å². The average Bonchev–Trinajstić information content (AvgIpc) is 2.72. The molecule has 0 unspecified atom stereocenters. The first-order valence-electron chi connectivity index (χ1n) is 9.23. The molecule has 0 bridgehead atoms. The maximum absolute atomic E-state index is 12.2. The van der Waals surface area contributed by atoms with E-state index in [9.17, 15) is 21.6 Å². The van der Waals surface area contributed by atoms with Gasteiger partial charge in [-0.25, -0.2) is 18.1 Å². The van der Waals surface area contributed by atoms with E-state index in [2.05, 4.69) is 35.3 Å². The maximum Gasteiger partial charge on any atom is 0.573 e. The van der Waals surface area contributed by atoms with Crippen LogP contribution < -0.4 is 20.1 Å². The highest BCUT2D eigenvalue weighted by Crippen LogP contribution is 2.23. The highest BCUT2D eigenvalue weighted by atomic mass is 32.2. The number of anilines is 3. The molecular weight excluding hydrogens is 449 g/mol. The molecule has 0 aliphatic carbocycles. The van der Waals surface area contributed by atoms with Gasteiger partial charge in [0.1, 0.15) is 17.4 Å². The second-order valence-corrected chi connectivity index (χ2v) is 8.26. The first-order chi connectivity index (χ1) is 15.1. The summed E-state index contributed by atoms with van der Waals surface area (Å²) >= 11 is 0. The summed E-state index contributed by atoms with van der Waals surface area (Å²) in [6.45, 7) is 2.16. The molecule has 0 radical (unpaired) electrons. The van der Waals surface area contributed by atoms with Crippen LogP contribution in [0.25, 0.3) is 0 Å². The van der Waals surface area contributed by atoms with Crippen LogP contribution in [-0.4, -0.2) is 43.1 Å². The first-order valence-corrected chi connectivity index (χ1v) is 10.7. The fourth-order valence-electron chi connectivity index (χ4n) is 2.51. The van der Waals surface area contributed by atoms with Crippen LogP contribution in [0, 0.1) is 6.92 Å². The van der Waals surface area contributed by atoms with Gasteiger partial charge in [-0.1, -0.05) is 0 Å². The Morgan fingerprint density at radius 2 is 1.62 bits per heavy atom. The molecule has 2 heterocycles. The number of hydrogen-bond acceptors (Lipinski definition) is 8. The maximum atomic E-state index is 12.2. The summed E-state index contributed by atoms with van der Waals surface area (Å²) in [5, 5.41) is 13.9. The van der Waals surface area contributed by atoms with Gasteiger partial charge in [0.15, 0.2) is 5.82 Å². The van der Waals surface area contributed by atoms with E-state index in [4.69, 9.17) is 0 Å². The molecule has 32 heavy (non-hydrogen) atoms. The van der Waals surface area contributed by atoms with Crippen molar-refractivity contribution in [2.45, 2.75) is 18.2 Å². The van der Waals surface area contributed by atoms with Crippen molar-refractivity contribution < 1.29 is 26.3 Å². The number of ether oxygens (including phenoxy) is 1. The molecule has 0 aliphatic rings. The summed E-state index contributed by atoms with van der Waals surface area (Å²) in [5.74, 6) is 1.05. The van der Waals surface area contributed by atoms with E-state index in [1.807, 2.05) is 19.1 Å². The molecule has 1 aromatic carbocycles. The van der Waals surface area contributed by atoms with Crippen molar-refractivity contribution in [3.05, 3.63) is 60.3 Å². The molecule has 170 valence electrons. The zero-order valence-corrected chi connectivity index (χ0v) is 17.5. The minimum atomic E-state index is -4.85. The fraction of sp³-hybridized carbons (Fsp3) is 0.211. The monoisotopic (exact) mass is 468 g/mol. The zero-order valence-electron chi connectivity index (χ0n) is 16.7. The molecule has 3 N–H and O–H groups in total. The van der Waals surface area contributed by atoms with Gasteiger partial charge in [-0.15, -0.1) is 23.4 Å². The summed E-state index contributed by atoms with van der Waals surface area (Å²) in [5.41, 5.74) is 1.04. The van der Waals surface area contributed by atoms with Crippen LogP contribution in [0.1, 0.15) is 5.56 Å². The van der Waals surface area contributed by atoms with E-state index < -0.39 is 22.1 Å². The third kappa shape index (κ3) is 7.06. The van der Waals surface area contributed by atoms with E-state index in [0.717, 1.165) is 29.8 Å². The second-order valence-electron chi connectivity index (χ2n) is 6.49. The molecule has 3 aromatic rings. The van der Waals surface area contributed by atoms with Crippen molar-refractivity contribution in [1.29, 1.82) is 0 Å². The Balaban J connectivity index is 1.47. The number of rotatable bonds is 9. The predicted molar refractivity (Wildman–Crippen MR) is 111 cm³/mol. The minimum Gasteiger partial charge on any atom is -0.406 e. The summed E-state index contributed by atoms with van der Waals surface area (Å²) < 4.78 is 67.1. The van der Waals surface area contributed by atoms with Crippen molar-refractivity contribution >= 4 is 27.5 Å². The van der Waals surface area contributed by atoms with Crippen LogP contribution in [-0.2, 0) is 10.0 Å². The number of benzene rings is 1. The highest BCUT2D eigenvalue weighted by Gasteiger charge is 2.31.